The van der Waals surface area contributed by atoms with Crippen molar-refractivity contribution in [1.29, 1.82) is 0 Å². The Morgan fingerprint density at radius 1 is 1.53 bits per heavy atom. The molecule has 0 aromatic carbocycles. The van der Waals surface area contributed by atoms with Crippen LogP contribution in [0.3, 0.4) is 0 Å². The number of hydrogen-bond acceptors (Lipinski definition) is 3. The van der Waals surface area contributed by atoms with Crippen molar-refractivity contribution < 1.29 is 14.6 Å². The fraction of sp³-hybridized carbons (Fsp3) is 0.727. The van der Waals surface area contributed by atoms with Crippen molar-refractivity contribution in [3.63, 3.8) is 0 Å². The SMILES string of the molecule is CC(=CCNC1(C)CCOCC1)C(=O)O. The number of aliphatic carboxylic acids is 1. The topological polar surface area (TPSA) is 58.6 Å². The predicted octanol–water partition coefficient (Wildman–Crippen LogP) is 1.18. The second-order valence-electron chi connectivity index (χ2n) is 4.25. The first kappa shape index (κ1) is 12.2. The molecule has 0 aromatic rings. The zero-order chi connectivity index (χ0) is 11.3. The molecule has 1 saturated heterocycles. The average Bonchev–Trinajstić information content (AvgIpc) is 2.18. The van der Waals surface area contributed by atoms with E-state index in [1.807, 2.05) is 0 Å². The zero-order valence-corrected chi connectivity index (χ0v) is 9.38. The summed E-state index contributed by atoms with van der Waals surface area (Å²) in [6.45, 7) is 5.93. The summed E-state index contributed by atoms with van der Waals surface area (Å²) in [6.07, 6.45) is 3.67. The molecule has 1 aliphatic rings. The van der Waals surface area contributed by atoms with Crippen molar-refractivity contribution in [3.05, 3.63) is 11.6 Å². The zero-order valence-electron chi connectivity index (χ0n) is 9.38. The van der Waals surface area contributed by atoms with Crippen molar-refractivity contribution in [1.82, 2.24) is 5.32 Å². The number of nitrogens with one attached hydrogen (secondary N) is 1. The highest BCUT2D eigenvalue weighted by Crippen LogP contribution is 2.19. The summed E-state index contributed by atoms with van der Waals surface area (Å²) in [6, 6.07) is 0. The number of carboxylic acid groups (broad SMARTS) is 1. The highest BCUT2D eigenvalue weighted by atomic mass is 16.5. The molecular weight excluding hydrogens is 194 g/mol. The van der Waals surface area contributed by atoms with Crippen LogP contribution in [-0.4, -0.2) is 36.4 Å². The van der Waals surface area contributed by atoms with Gasteiger partial charge in [-0.3, -0.25) is 0 Å². The number of carbonyl (C=O) groups is 1. The Bertz CT molecular complexity index is 255. The van der Waals surface area contributed by atoms with Crippen molar-refractivity contribution >= 4 is 5.97 Å². The van der Waals surface area contributed by atoms with Gasteiger partial charge in [0.05, 0.1) is 0 Å². The van der Waals surface area contributed by atoms with Crippen LogP contribution in [0.25, 0.3) is 0 Å². The molecule has 0 bridgehead atoms. The number of rotatable bonds is 4. The van der Waals surface area contributed by atoms with Gasteiger partial charge in [-0.1, -0.05) is 6.08 Å². The standard InChI is InChI=1S/C11H19NO3/c1-9(10(13)14)3-6-12-11(2)4-7-15-8-5-11/h3,12H,4-8H2,1-2H3,(H,13,14). The molecule has 0 amide bonds. The third-order valence-electron chi connectivity index (χ3n) is 2.87. The van der Waals surface area contributed by atoms with Crippen LogP contribution in [-0.2, 0) is 9.53 Å². The highest BCUT2D eigenvalue weighted by molar-refractivity contribution is 5.85. The Kier molecular flexibility index (Phi) is 4.29. The Morgan fingerprint density at radius 2 is 2.13 bits per heavy atom. The van der Waals surface area contributed by atoms with E-state index in [4.69, 9.17) is 9.84 Å². The summed E-state index contributed by atoms with van der Waals surface area (Å²) in [4.78, 5) is 10.5. The van der Waals surface area contributed by atoms with E-state index in [-0.39, 0.29) is 5.54 Å². The molecule has 1 heterocycles. The van der Waals surface area contributed by atoms with Crippen LogP contribution in [0.4, 0.5) is 0 Å². The summed E-state index contributed by atoms with van der Waals surface area (Å²) >= 11 is 0. The first-order chi connectivity index (χ1) is 7.03. The normalized spacial score (nSPS) is 21.3. The lowest BCUT2D eigenvalue weighted by atomic mass is 9.92. The fourth-order valence-electron chi connectivity index (χ4n) is 1.54. The van der Waals surface area contributed by atoms with Crippen LogP contribution in [0.2, 0.25) is 0 Å². The Balaban J connectivity index is 2.35. The van der Waals surface area contributed by atoms with E-state index in [1.165, 1.54) is 0 Å². The van der Waals surface area contributed by atoms with E-state index in [0.29, 0.717) is 12.1 Å². The van der Waals surface area contributed by atoms with E-state index in [9.17, 15) is 4.79 Å². The smallest absolute Gasteiger partial charge is 0.330 e. The van der Waals surface area contributed by atoms with Crippen molar-refractivity contribution in [2.75, 3.05) is 19.8 Å². The summed E-state index contributed by atoms with van der Waals surface area (Å²) in [5.74, 6) is -0.853. The fourth-order valence-corrected chi connectivity index (χ4v) is 1.54. The van der Waals surface area contributed by atoms with Gasteiger partial charge in [0.25, 0.3) is 0 Å². The molecule has 2 N–H and O–H groups in total. The van der Waals surface area contributed by atoms with E-state index < -0.39 is 5.97 Å². The minimum atomic E-state index is -0.853. The Labute approximate surface area is 90.3 Å². The first-order valence-corrected chi connectivity index (χ1v) is 5.26. The maximum atomic E-state index is 10.5. The summed E-state index contributed by atoms with van der Waals surface area (Å²) in [5, 5.41) is 12.0. The van der Waals surface area contributed by atoms with E-state index in [2.05, 4.69) is 12.2 Å². The minimum absolute atomic E-state index is 0.0908. The minimum Gasteiger partial charge on any atom is -0.478 e. The molecule has 0 aliphatic carbocycles. The molecule has 0 radical (unpaired) electrons. The van der Waals surface area contributed by atoms with Gasteiger partial charge in [0.2, 0.25) is 0 Å². The molecule has 0 aromatic heterocycles. The summed E-state index contributed by atoms with van der Waals surface area (Å²) < 4.78 is 5.28. The lowest BCUT2D eigenvalue weighted by Gasteiger charge is -2.34. The van der Waals surface area contributed by atoms with Crippen LogP contribution in [0, 0.1) is 0 Å². The quantitative estimate of drug-likeness (QED) is 0.688. The second kappa shape index (κ2) is 5.28. The van der Waals surface area contributed by atoms with Gasteiger partial charge in [-0.15, -0.1) is 0 Å². The van der Waals surface area contributed by atoms with E-state index in [1.54, 1.807) is 13.0 Å². The van der Waals surface area contributed by atoms with Crippen molar-refractivity contribution in [2.24, 2.45) is 0 Å². The molecular formula is C11H19NO3. The Morgan fingerprint density at radius 3 is 2.67 bits per heavy atom. The van der Waals surface area contributed by atoms with Crippen LogP contribution in [0.1, 0.15) is 26.7 Å². The van der Waals surface area contributed by atoms with Gasteiger partial charge in [0.1, 0.15) is 0 Å². The monoisotopic (exact) mass is 213 g/mol. The van der Waals surface area contributed by atoms with Crippen LogP contribution in [0.5, 0.6) is 0 Å². The van der Waals surface area contributed by atoms with E-state index >= 15 is 0 Å². The highest BCUT2D eigenvalue weighted by Gasteiger charge is 2.25. The van der Waals surface area contributed by atoms with Crippen LogP contribution >= 0.6 is 0 Å². The van der Waals surface area contributed by atoms with Gasteiger partial charge in [-0.2, -0.15) is 0 Å². The molecule has 86 valence electrons. The Hall–Kier alpha value is -0.870. The molecule has 15 heavy (non-hydrogen) atoms. The van der Waals surface area contributed by atoms with Gasteiger partial charge in [-0.25, -0.2) is 4.79 Å². The molecule has 1 rings (SSSR count). The predicted molar refractivity (Wildman–Crippen MR) is 57.9 cm³/mol. The molecule has 1 aliphatic heterocycles. The average molecular weight is 213 g/mol. The molecule has 0 unspecified atom stereocenters. The van der Waals surface area contributed by atoms with Gasteiger partial charge in [-0.05, 0) is 26.7 Å². The number of carboxylic acids is 1. The maximum absolute atomic E-state index is 10.5. The molecule has 0 atom stereocenters. The third-order valence-corrected chi connectivity index (χ3v) is 2.87. The lowest BCUT2D eigenvalue weighted by Crippen LogP contribution is -2.46. The molecule has 4 nitrogen and oxygen atoms in total. The van der Waals surface area contributed by atoms with Gasteiger partial charge in [0, 0.05) is 30.9 Å². The first-order valence-electron chi connectivity index (χ1n) is 5.26. The van der Waals surface area contributed by atoms with Crippen LogP contribution in [0.15, 0.2) is 11.6 Å². The van der Waals surface area contributed by atoms with Crippen molar-refractivity contribution in [2.45, 2.75) is 32.2 Å². The van der Waals surface area contributed by atoms with Crippen LogP contribution < -0.4 is 5.32 Å². The molecule has 0 spiro atoms. The summed E-state index contributed by atoms with van der Waals surface area (Å²) in [7, 11) is 0. The number of hydrogen-bond donors (Lipinski definition) is 2. The largest absolute Gasteiger partial charge is 0.478 e. The molecule has 4 heteroatoms. The van der Waals surface area contributed by atoms with Gasteiger partial charge in [0.15, 0.2) is 0 Å². The number of ether oxygens (including phenoxy) is 1. The lowest BCUT2D eigenvalue weighted by molar-refractivity contribution is -0.132. The maximum Gasteiger partial charge on any atom is 0.330 e. The molecule has 1 fully saturated rings. The van der Waals surface area contributed by atoms with Gasteiger partial charge < -0.3 is 15.2 Å². The van der Waals surface area contributed by atoms with Gasteiger partial charge >= 0.3 is 5.97 Å². The van der Waals surface area contributed by atoms with Crippen molar-refractivity contribution in [3.8, 4) is 0 Å². The second-order valence-corrected chi connectivity index (χ2v) is 4.25. The third kappa shape index (κ3) is 4.01. The molecule has 0 saturated carbocycles. The van der Waals surface area contributed by atoms with E-state index in [0.717, 1.165) is 26.1 Å². The summed E-state index contributed by atoms with van der Waals surface area (Å²) in [5.41, 5.74) is 0.478.